The number of methoxy groups -OCH3 is 1. The van der Waals surface area contributed by atoms with Crippen LogP contribution in [0.15, 0.2) is 60.7 Å². The average Bonchev–Trinajstić information content (AvgIpc) is 2.70. The van der Waals surface area contributed by atoms with Gasteiger partial charge in [0.05, 0.1) is 11.7 Å². The van der Waals surface area contributed by atoms with Crippen molar-refractivity contribution in [2.24, 2.45) is 5.41 Å². The number of carbonyl (C=O) groups is 1. The lowest BCUT2D eigenvalue weighted by Crippen LogP contribution is -2.50. The summed E-state index contributed by atoms with van der Waals surface area (Å²) in [6, 6.07) is 18.9. The third-order valence-corrected chi connectivity index (χ3v) is 8.80. The van der Waals surface area contributed by atoms with E-state index < -0.39 is 5.41 Å². The number of allylic oxidation sites excluding steroid dienone is 1. The Kier molecular flexibility index (Phi) is 5.38. The van der Waals surface area contributed by atoms with Crippen molar-refractivity contribution in [2.75, 3.05) is 18.6 Å². The molecule has 4 rings (SSSR count). The lowest BCUT2D eigenvalue weighted by molar-refractivity contribution is -0.150. The van der Waals surface area contributed by atoms with Crippen LogP contribution in [0.25, 0.3) is 5.57 Å². The zero-order chi connectivity index (χ0) is 18.9. The number of carbonyl (C=O) groups excluding carboxylic acids is 1. The molecule has 27 heavy (non-hydrogen) atoms. The van der Waals surface area contributed by atoms with Gasteiger partial charge in [-0.3, -0.25) is 4.79 Å². The summed E-state index contributed by atoms with van der Waals surface area (Å²) in [6.45, 7) is 2.14. The molecule has 2 aliphatic rings. The SMILES string of the molecule is COC(=O)C1(C2SCCCS2)C=C(c2ccccc2)C1c1ccccc1C. The van der Waals surface area contributed by atoms with Crippen LogP contribution >= 0.6 is 23.5 Å². The fraction of sp³-hybridized carbons (Fsp3) is 0.348. The average molecular weight is 397 g/mol. The molecule has 1 aliphatic carbocycles. The molecule has 0 N–H and O–H groups in total. The van der Waals surface area contributed by atoms with Crippen molar-refractivity contribution in [1.82, 2.24) is 0 Å². The van der Waals surface area contributed by atoms with Crippen LogP contribution in [-0.4, -0.2) is 29.2 Å². The first kappa shape index (κ1) is 18.7. The molecule has 1 heterocycles. The van der Waals surface area contributed by atoms with E-state index in [4.69, 9.17) is 4.74 Å². The van der Waals surface area contributed by atoms with Gasteiger partial charge in [0.1, 0.15) is 5.41 Å². The molecule has 4 heteroatoms. The van der Waals surface area contributed by atoms with Crippen molar-refractivity contribution >= 4 is 35.1 Å². The van der Waals surface area contributed by atoms with Gasteiger partial charge in [-0.25, -0.2) is 0 Å². The minimum Gasteiger partial charge on any atom is -0.468 e. The van der Waals surface area contributed by atoms with Gasteiger partial charge in [-0.1, -0.05) is 60.7 Å². The highest BCUT2D eigenvalue weighted by atomic mass is 32.2. The molecule has 2 aromatic rings. The van der Waals surface area contributed by atoms with Gasteiger partial charge in [0.25, 0.3) is 0 Å². The summed E-state index contributed by atoms with van der Waals surface area (Å²) in [5.41, 5.74) is 4.28. The molecule has 2 atom stereocenters. The van der Waals surface area contributed by atoms with E-state index in [2.05, 4.69) is 61.5 Å². The maximum atomic E-state index is 13.2. The largest absolute Gasteiger partial charge is 0.468 e. The third-order valence-electron chi connectivity index (χ3n) is 5.55. The van der Waals surface area contributed by atoms with Crippen LogP contribution in [0.1, 0.15) is 29.0 Å². The van der Waals surface area contributed by atoms with Crippen LogP contribution in [0.3, 0.4) is 0 Å². The summed E-state index contributed by atoms with van der Waals surface area (Å²) < 4.78 is 5.57. The smallest absolute Gasteiger partial charge is 0.318 e. The monoisotopic (exact) mass is 396 g/mol. The first-order valence-corrected chi connectivity index (χ1v) is 11.4. The summed E-state index contributed by atoms with van der Waals surface area (Å²) in [5.74, 6) is 2.12. The zero-order valence-corrected chi connectivity index (χ0v) is 17.3. The van der Waals surface area contributed by atoms with E-state index in [0.29, 0.717) is 0 Å². The lowest BCUT2D eigenvalue weighted by atomic mass is 9.58. The molecular weight excluding hydrogens is 372 g/mol. The topological polar surface area (TPSA) is 26.3 Å². The second-order valence-electron chi connectivity index (χ2n) is 7.11. The van der Waals surface area contributed by atoms with Crippen LogP contribution in [0, 0.1) is 12.3 Å². The van der Waals surface area contributed by atoms with E-state index in [1.165, 1.54) is 35.8 Å². The standard InChI is InChI=1S/C23H24O2S2/c1-16-9-6-7-12-18(16)20-19(17-10-4-3-5-11-17)15-23(20,21(24)25-2)22-26-13-8-14-27-22/h3-7,9-12,15,20,22H,8,13-14H2,1-2H3. The molecule has 1 saturated heterocycles. The summed E-state index contributed by atoms with van der Waals surface area (Å²) in [5, 5.41) is 0. The Bertz CT molecular complexity index is 856. The molecule has 1 aliphatic heterocycles. The normalized spacial score (nSPS) is 25.4. The van der Waals surface area contributed by atoms with E-state index >= 15 is 0 Å². The summed E-state index contributed by atoms with van der Waals surface area (Å²) in [7, 11) is 1.52. The number of rotatable bonds is 4. The van der Waals surface area contributed by atoms with E-state index in [0.717, 1.165) is 11.5 Å². The molecular formula is C23H24O2S2. The van der Waals surface area contributed by atoms with Gasteiger partial charge in [-0.2, -0.15) is 0 Å². The fourth-order valence-corrected chi connectivity index (χ4v) is 7.57. The Morgan fingerprint density at radius 2 is 1.70 bits per heavy atom. The molecule has 2 aromatic carbocycles. The summed E-state index contributed by atoms with van der Waals surface area (Å²) in [4.78, 5) is 13.2. The number of thioether (sulfide) groups is 2. The first-order chi connectivity index (χ1) is 13.2. The Balaban J connectivity index is 1.89. The highest BCUT2D eigenvalue weighted by Crippen LogP contribution is 2.63. The Morgan fingerprint density at radius 1 is 1.04 bits per heavy atom. The number of benzene rings is 2. The van der Waals surface area contributed by atoms with E-state index in [-0.39, 0.29) is 16.5 Å². The number of hydrogen-bond donors (Lipinski definition) is 0. The van der Waals surface area contributed by atoms with Crippen LogP contribution in [-0.2, 0) is 9.53 Å². The predicted molar refractivity (Wildman–Crippen MR) is 116 cm³/mol. The van der Waals surface area contributed by atoms with Crippen LogP contribution < -0.4 is 0 Å². The first-order valence-electron chi connectivity index (χ1n) is 9.34. The molecule has 0 amide bonds. The quantitative estimate of drug-likeness (QED) is 0.635. The second-order valence-corrected chi connectivity index (χ2v) is 9.83. The third kappa shape index (κ3) is 3.13. The van der Waals surface area contributed by atoms with E-state index in [1.807, 2.05) is 29.6 Å². The highest BCUT2D eigenvalue weighted by Gasteiger charge is 2.60. The molecule has 140 valence electrons. The van der Waals surface area contributed by atoms with Gasteiger partial charge in [0.15, 0.2) is 0 Å². The van der Waals surface area contributed by atoms with Crippen LogP contribution in [0.2, 0.25) is 0 Å². The predicted octanol–water partition coefficient (Wildman–Crippen LogP) is 5.53. The molecule has 0 bridgehead atoms. The molecule has 0 aromatic heterocycles. The number of esters is 1. The van der Waals surface area contributed by atoms with E-state index in [1.54, 1.807) is 0 Å². The number of hydrogen-bond acceptors (Lipinski definition) is 4. The molecule has 0 saturated carbocycles. The lowest BCUT2D eigenvalue weighted by Gasteiger charge is -2.51. The summed E-state index contributed by atoms with van der Waals surface area (Å²) >= 11 is 3.82. The number of aryl methyl sites for hydroxylation is 1. The van der Waals surface area contributed by atoms with Crippen LogP contribution in [0.5, 0.6) is 0 Å². The van der Waals surface area contributed by atoms with Crippen molar-refractivity contribution in [3.8, 4) is 0 Å². The maximum Gasteiger partial charge on any atom is 0.318 e. The highest BCUT2D eigenvalue weighted by molar-refractivity contribution is 8.17. The van der Waals surface area contributed by atoms with Crippen LogP contribution in [0.4, 0.5) is 0 Å². The summed E-state index contributed by atoms with van der Waals surface area (Å²) in [6.07, 6.45) is 3.40. The van der Waals surface area contributed by atoms with Gasteiger partial charge < -0.3 is 4.74 Å². The minimum atomic E-state index is -0.609. The Hall–Kier alpha value is -1.65. The van der Waals surface area contributed by atoms with Gasteiger partial charge in [0, 0.05) is 5.92 Å². The van der Waals surface area contributed by atoms with Gasteiger partial charge in [-0.05, 0) is 47.1 Å². The maximum absolute atomic E-state index is 13.2. The van der Waals surface area contributed by atoms with E-state index in [9.17, 15) is 4.79 Å². The van der Waals surface area contributed by atoms with Crippen molar-refractivity contribution in [3.05, 3.63) is 77.4 Å². The minimum absolute atomic E-state index is 0.0247. The molecule has 1 fully saturated rings. The molecule has 0 spiro atoms. The molecule has 2 nitrogen and oxygen atoms in total. The zero-order valence-electron chi connectivity index (χ0n) is 15.7. The Labute approximate surface area is 169 Å². The van der Waals surface area contributed by atoms with Gasteiger partial charge in [-0.15, -0.1) is 23.5 Å². The fourth-order valence-electron chi connectivity index (χ4n) is 4.22. The van der Waals surface area contributed by atoms with Crippen molar-refractivity contribution in [2.45, 2.75) is 23.8 Å². The van der Waals surface area contributed by atoms with Crippen molar-refractivity contribution in [1.29, 1.82) is 0 Å². The number of ether oxygens (including phenoxy) is 1. The van der Waals surface area contributed by atoms with Crippen molar-refractivity contribution < 1.29 is 9.53 Å². The van der Waals surface area contributed by atoms with Crippen molar-refractivity contribution in [3.63, 3.8) is 0 Å². The molecule has 0 radical (unpaired) electrons. The Morgan fingerprint density at radius 3 is 2.37 bits per heavy atom. The van der Waals surface area contributed by atoms with Gasteiger partial charge >= 0.3 is 5.97 Å². The second kappa shape index (κ2) is 7.76. The molecule has 2 unspecified atom stereocenters. The van der Waals surface area contributed by atoms with Gasteiger partial charge in [0.2, 0.25) is 0 Å².